The Morgan fingerprint density at radius 2 is 1.89 bits per heavy atom. The lowest BCUT2D eigenvalue weighted by Crippen LogP contribution is -2.40. The van der Waals surface area contributed by atoms with Crippen molar-refractivity contribution >= 4 is 5.91 Å². The molecule has 0 aliphatic heterocycles. The molecule has 6 heteroatoms. The number of carbonyl (C=O) groups is 1. The van der Waals surface area contributed by atoms with Crippen LogP contribution in [0.2, 0.25) is 0 Å². The third-order valence-electron chi connectivity index (χ3n) is 2.71. The van der Waals surface area contributed by atoms with Crippen molar-refractivity contribution in [3.8, 4) is 0 Å². The molecule has 108 valence electrons. The highest BCUT2D eigenvalue weighted by Crippen LogP contribution is 2.19. The molecular formula is C12H23F3N2O. The van der Waals surface area contributed by atoms with E-state index < -0.39 is 18.6 Å². The fraction of sp³-hybridized carbons (Fsp3) is 0.917. The number of amides is 1. The largest absolute Gasteiger partial charge is 0.406 e. The van der Waals surface area contributed by atoms with Crippen LogP contribution in [0.4, 0.5) is 13.2 Å². The van der Waals surface area contributed by atoms with Gasteiger partial charge in [0.25, 0.3) is 0 Å². The van der Waals surface area contributed by atoms with Gasteiger partial charge in [-0.2, -0.15) is 13.2 Å². The number of nitrogens with two attached hydrogens (primary N) is 1. The molecule has 0 unspecified atom stereocenters. The lowest BCUT2D eigenvalue weighted by molar-refractivity contribution is -0.161. The molecule has 0 aliphatic rings. The molecule has 0 aromatic heterocycles. The maximum atomic E-state index is 12.3. The molecule has 3 nitrogen and oxygen atoms in total. The minimum Gasteiger partial charge on any atom is -0.334 e. The maximum Gasteiger partial charge on any atom is 0.406 e. The Kier molecular flexibility index (Phi) is 7.28. The first-order chi connectivity index (χ1) is 8.19. The van der Waals surface area contributed by atoms with Gasteiger partial charge in [-0.05, 0) is 31.7 Å². The first-order valence-electron chi connectivity index (χ1n) is 6.24. The quantitative estimate of drug-likeness (QED) is 0.770. The Hall–Kier alpha value is -0.780. The van der Waals surface area contributed by atoms with E-state index in [9.17, 15) is 18.0 Å². The topological polar surface area (TPSA) is 46.3 Å². The van der Waals surface area contributed by atoms with Crippen molar-refractivity contribution in [1.29, 1.82) is 0 Å². The zero-order valence-corrected chi connectivity index (χ0v) is 11.3. The number of hydrogen-bond acceptors (Lipinski definition) is 2. The van der Waals surface area contributed by atoms with Gasteiger partial charge in [0, 0.05) is 13.0 Å². The SMILES string of the molecule is CCN(CC(F)(F)F)C(=O)C[C@@H](CN)CC(C)C. The van der Waals surface area contributed by atoms with Crippen LogP contribution in [0.3, 0.4) is 0 Å². The van der Waals surface area contributed by atoms with Crippen LogP contribution in [-0.2, 0) is 4.79 Å². The van der Waals surface area contributed by atoms with Crippen LogP contribution >= 0.6 is 0 Å². The van der Waals surface area contributed by atoms with Gasteiger partial charge in [-0.15, -0.1) is 0 Å². The summed E-state index contributed by atoms with van der Waals surface area (Å²) >= 11 is 0. The molecule has 0 aromatic rings. The van der Waals surface area contributed by atoms with Crippen LogP contribution < -0.4 is 5.73 Å². The molecular weight excluding hydrogens is 245 g/mol. The molecule has 18 heavy (non-hydrogen) atoms. The van der Waals surface area contributed by atoms with Gasteiger partial charge >= 0.3 is 6.18 Å². The summed E-state index contributed by atoms with van der Waals surface area (Å²) in [6, 6.07) is 0. The Labute approximate surface area is 107 Å². The predicted octanol–water partition coefficient (Wildman–Crippen LogP) is 2.41. The van der Waals surface area contributed by atoms with Crippen LogP contribution in [0, 0.1) is 11.8 Å². The van der Waals surface area contributed by atoms with Gasteiger partial charge in [0.05, 0.1) is 0 Å². The predicted molar refractivity (Wildman–Crippen MR) is 64.9 cm³/mol. The van der Waals surface area contributed by atoms with Gasteiger partial charge in [0.15, 0.2) is 0 Å². The van der Waals surface area contributed by atoms with E-state index in [0.29, 0.717) is 12.5 Å². The normalized spacial score (nSPS) is 13.8. The second-order valence-corrected chi connectivity index (χ2v) is 4.96. The van der Waals surface area contributed by atoms with Crippen molar-refractivity contribution in [3.05, 3.63) is 0 Å². The van der Waals surface area contributed by atoms with E-state index in [1.54, 1.807) is 6.92 Å². The molecule has 1 atom stereocenters. The Morgan fingerprint density at radius 3 is 2.22 bits per heavy atom. The summed E-state index contributed by atoms with van der Waals surface area (Å²) in [5.74, 6) is -0.130. The highest BCUT2D eigenvalue weighted by molar-refractivity contribution is 5.76. The molecule has 0 heterocycles. The van der Waals surface area contributed by atoms with E-state index in [4.69, 9.17) is 5.73 Å². The van der Waals surface area contributed by atoms with Crippen molar-refractivity contribution in [2.75, 3.05) is 19.6 Å². The van der Waals surface area contributed by atoms with Crippen molar-refractivity contribution in [2.24, 2.45) is 17.6 Å². The number of carbonyl (C=O) groups excluding carboxylic acids is 1. The van der Waals surface area contributed by atoms with Gasteiger partial charge in [0.2, 0.25) is 5.91 Å². The van der Waals surface area contributed by atoms with E-state index in [2.05, 4.69) is 0 Å². The van der Waals surface area contributed by atoms with E-state index in [-0.39, 0.29) is 18.9 Å². The first kappa shape index (κ1) is 17.2. The minimum absolute atomic E-state index is 0.0419. The van der Waals surface area contributed by atoms with Crippen molar-refractivity contribution < 1.29 is 18.0 Å². The van der Waals surface area contributed by atoms with E-state index >= 15 is 0 Å². The summed E-state index contributed by atoms with van der Waals surface area (Å²) in [6.07, 6.45) is -3.49. The van der Waals surface area contributed by atoms with Crippen LogP contribution in [0.5, 0.6) is 0 Å². The van der Waals surface area contributed by atoms with Crippen LogP contribution in [0.15, 0.2) is 0 Å². The molecule has 0 saturated carbocycles. The number of nitrogens with zero attached hydrogens (tertiary/aromatic N) is 1. The zero-order valence-electron chi connectivity index (χ0n) is 11.3. The summed E-state index contributed by atoms with van der Waals surface area (Å²) in [5, 5.41) is 0. The molecule has 0 fully saturated rings. The number of rotatable bonds is 7. The second kappa shape index (κ2) is 7.61. The second-order valence-electron chi connectivity index (χ2n) is 4.96. The highest BCUT2D eigenvalue weighted by atomic mass is 19.4. The summed E-state index contributed by atoms with van der Waals surface area (Å²) in [6.45, 7) is 4.76. The van der Waals surface area contributed by atoms with Crippen molar-refractivity contribution in [2.45, 2.75) is 39.8 Å². The van der Waals surface area contributed by atoms with E-state index in [0.717, 1.165) is 11.3 Å². The molecule has 0 rings (SSSR count). The number of alkyl halides is 3. The fourth-order valence-corrected chi connectivity index (χ4v) is 1.90. The smallest absolute Gasteiger partial charge is 0.334 e. The van der Waals surface area contributed by atoms with Crippen LogP contribution in [-0.4, -0.2) is 36.6 Å². The first-order valence-corrected chi connectivity index (χ1v) is 6.24. The van der Waals surface area contributed by atoms with Crippen LogP contribution in [0.1, 0.15) is 33.6 Å². The molecule has 0 bridgehead atoms. The van der Waals surface area contributed by atoms with E-state index in [1.807, 2.05) is 13.8 Å². The summed E-state index contributed by atoms with van der Waals surface area (Å²) in [7, 11) is 0. The van der Waals surface area contributed by atoms with Gasteiger partial charge in [-0.1, -0.05) is 13.8 Å². The number of halogens is 3. The highest BCUT2D eigenvalue weighted by Gasteiger charge is 2.32. The molecule has 1 amide bonds. The van der Waals surface area contributed by atoms with Crippen molar-refractivity contribution in [3.63, 3.8) is 0 Å². The molecule has 0 radical (unpaired) electrons. The summed E-state index contributed by atoms with van der Waals surface area (Å²) < 4.78 is 36.8. The summed E-state index contributed by atoms with van der Waals surface area (Å²) in [5.41, 5.74) is 5.55. The number of hydrogen-bond donors (Lipinski definition) is 1. The lowest BCUT2D eigenvalue weighted by atomic mass is 9.94. The average molecular weight is 268 g/mol. The third kappa shape index (κ3) is 7.53. The molecule has 0 spiro atoms. The molecule has 2 N–H and O–H groups in total. The van der Waals surface area contributed by atoms with Gasteiger partial charge in [-0.3, -0.25) is 4.79 Å². The monoisotopic (exact) mass is 268 g/mol. The maximum absolute atomic E-state index is 12.3. The average Bonchev–Trinajstić information content (AvgIpc) is 2.22. The van der Waals surface area contributed by atoms with Gasteiger partial charge < -0.3 is 10.6 Å². The van der Waals surface area contributed by atoms with Crippen LogP contribution in [0.25, 0.3) is 0 Å². The Morgan fingerprint density at radius 1 is 1.33 bits per heavy atom. The Bertz CT molecular complexity index is 254. The molecule has 0 aromatic carbocycles. The van der Waals surface area contributed by atoms with E-state index in [1.165, 1.54) is 0 Å². The minimum atomic E-state index is -4.35. The van der Waals surface area contributed by atoms with Gasteiger partial charge in [0.1, 0.15) is 6.54 Å². The lowest BCUT2D eigenvalue weighted by Gasteiger charge is -2.25. The standard InChI is InChI=1S/C12H23F3N2O/c1-4-17(8-12(13,14)15)11(18)6-10(7-16)5-9(2)3/h9-10H,4-8,16H2,1-3H3/t10-/m0/s1. The summed E-state index contributed by atoms with van der Waals surface area (Å²) in [4.78, 5) is 12.6. The molecule has 0 saturated heterocycles. The molecule has 0 aliphatic carbocycles. The third-order valence-corrected chi connectivity index (χ3v) is 2.71. The zero-order chi connectivity index (χ0) is 14.3. The Balaban J connectivity index is 4.41. The van der Waals surface area contributed by atoms with Crippen molar-refractivity contribution in [1.82, 2.24) is 4.90 Å². The fourth-order valence-electron chi connectivity index (χ4n) is 1.90. The van der Waals surface area contributed by atoms with Gasteiger partial charge in [-0.25, -0.2) is 0 Å².